The third-order valence-electron chi connectivity index (χ3n) is 5.83. The first-order valence-electron chi connectivity index (χ1n) is 11.4. The summed E-state index contributed by atoms with van der Waals surface area (Å²) in [5.74, 6) is -1.73. The molecule has 0 saturated carbocycles. The summed E-state index contributed by atoms with van der Waals surface area (Å²) in [6.07, 6.45) is 5.78. The van der Waals surface area contributed by atoms with Gasteiger partial charge in [0.05, 0.1) is 13.2 Å². The standard InChI is InChI=1S/C28H28O8/c1-3-24(29)36-34-19-11-10-18-33-26(32)35-27(22-12-6-4-7-13-22)16-17-28(25(30)31,21(2)20-27)23-14-8-5-9-15-23/h3-9,12-17,20H,1,10-11,18-19H2,2H3,(H,30,31). The molecular formula is C28H28O8. The summed E-state index contributed by atoms with van der Waals surface area (Å²) < 4.78 is 11.0. The van der Waals surface area contributed by atoms with Gasteiger partial charge in [-0.15, -0.1) is 0 Å². The Morgan fingerprint density at radius 3 is 2.11 bits per heavy atom. The van der Waals surface area contributed by atoms with Gasteiger partial charge < -0.3 is 14.6 Å². The second kappa shape index (κ2) is 12.0. The molecule has 0 spiro atoms. The number of carboxylic acid groups (broad SMARTS) is 1. The molecule has 1 aliphatic carbocycles. The number of hydrogen-bond donors (Lipinski definition) is 1. The quantitative estimate of drug-likeness (QED) is 0.116. The smallest absolute Gasteiger partial charge is 0.480 e. The van der Waals surface area contributed by atoms with Crippen molar-refractivity contribution in [2.24, 2.45) is 0 Å². The van der Waals surface area contributed by atoms with Crippen molar-refractivity contribution in [1.29, 1.82) is 0 Å². The Labute approximate surface area is 209 Å². The number of unbranched alkanes of at least 4 members (excludes halogenated alkanes) is 1. The van der Waals surface area contributed by atoms with Crippen LogP contribution in [0.1, 0.15) is 30.9 Å². The van der Waals surface area contributed by atoms with E-state index in [4.69, 9.17) is 14.4 Å². The van der Waals surface area contributed by atoms with E-state index in [1.807, 2.05) is 12.1 Å². The van der Waals surface area contributed by atoms with E-state index in [2.05, 4.69) is 11.5 Å². The third kappa shape index (κ3) is 5.90. The third-order valence-corrected chi connectivity index (χ3v) is 5.83. The van der Waals surface area contributed by atoms with Crippen LogP contribution in [0.15, 0.2) is 97.1 Å². The lowest BCUT2D eigenvalue weighted by Crippen LogP contribution is -2.41. The Kier molecular flexibility index (Phi) is 8.81. The van der Waals surface area contributed by atoms with E-state index in [9.17, 15) is 19.5 Å². The zero-order valence-electron chi connectivity index (χ0n) is 19.9. The first kappa shape index (κ1) is 26.4. The molecule has 8 nitrogen and oxygen atoms in total. The van der Waals surface area contributed by atoms with Crippen LogP contribution in [0.25, 0.3) is 0 Å². The molecule has 8 heteroatoms. The summed E-state index contributed by atoms with van der Waals surface area (Å²) in [7, 11) is 0. The zero-order chi connectivity index (χ0) is 26.0. The summed E-state index contributed by atoms with van der Waals surface area (Å²) in [4.78, 5) is 45.2. The number of benzene rings is 2. The topological polar surface area (TPSA) is 108 Å². The lowest BCUT2D eigenvalue weighted by atomic mass is 9.68. The molecule has 2 aromatic carbocycles. The number of hydrogen-bond acceptors (Lipinski definition) is 7. The number of ether oxygens (including phenoxy) is 2. The fourth-order valence-electron chi connectivity index (χ4n) is 3.97. The molecule has 2 atom stereocenters. The van der Waals surface area contributed by atoms with Crippen molar-refractivity contribution in [3.8, 4) is 0 Å². The normalized spacial score (nSPS) is 20.6. The molecule has 0 saturated heterocycles. The van der Waals surface area contributed by atoms with E-state index < -0.39 is 29.1 Å². The highest BCUT2D eigenvalue weighted by atomic mass is 17.2. The minimum absolute atomic E-state index is 0.0535. The van der Waals surface area contributed by atoms with Crippen molar-refractivity contribution in [1.82, 2.24) is 0 Å². The van der Waals surface area contributed by atoms with Gasteiger partial charge in [-0.2, -0.15) is 4.89 Å². The summed E-state index contributed by atoms with van der Waals surface area (Å²) >= 11 is 0. The average molecular weight is 493 g/mol. The number of carbonyl (C=O) groups is 3. The van der Waals surface area contributed by atoms with Gasteiger partial charge >= 0.3 is 18.1 Å². The highest BCUT2D eigenvalue weighted by molar-refractivity contribution is 5.89. The Morgan fingerprint density at radius 1 is 0.917 bits per heavy atom. The van der Waals surface area contributed by atoms with E-state index in [1.54, 1.807) is 73.7 Å². The molecule has 0 fully saturated rings. The van der Waals surface area contributed by atoms with Crippen LogP contribution >= 0.6 is 0 Å². The molecule has 1 aliphatic rings. The molecule has 2 unspecified atom stereocenters. The van der Waals surface area contributed by atoms with Crippen LogP contribution in [0.2, 0.25) is 0 Å². The SMILES string of the molecule is C=CC(=O)OOCCCCOC(=O)OC1(c2ccccc2)C=CC(C(=O)O)(c2ccccc2)C(C)=C1. The number of carbonyl (C=O) groups excluding carboxylic acids is 2. The van der Waals surface area contributed by atoms with Gasteiger partial charge in [0, 0.05) is 11.6 Å². The summed E-state index contributed by atoms with van der Waals surface area (Å²) in [5, 5.41) is 10.2. The minimum atomic E-state index is -1.40. The van der Waals surface area contributed by atoms with Crippen molar-refractivity contribution >= 4 is 18.1 Å². The molecule has 1 N–H and O–H groups in total. The molecule has 0 amide bonds. The Morgan fingerprint density at radius 2 is 1.53 bits per heavy atom. The van der Waals surface area contributed by atoms with Crippen LogP contribution in [0.5, 0.6) is 0 Å². The molecular weight excluding hydrogens is 464 g/mol. The monoisotopic (exact) mass is 492 g/mol. The first-order valence-corrected chi connectivity index (χ1v) is 11.4. The van der Waals surface area contributed by atoms with Gasteiger partial charge in [-0.3, -0.25) is 9.68 Å². The van der Waals surface area contributed by atoms with Gasteiger partial charge in [-0.1, -0.05) is 73.3 Å². The van der Waals surface area contributed by atoms with Crippen LogP contribution < -0.4 is 0 Å². The highest BCUT2D eigenvalue weighted by Gasteiger charge is 2.47. The second-order valence-corrected chi connectivity index (χ2v) is 8.14. The molecule has 3 rings (SSSR count). The van der Waals surface area contributed by atoms with Gasteiger partial charge in [-0.25, -0.2) is 9.59 Å². The van der Waals surface area contributed by atoms with Gasteiger partial charge in [0.2, 0.25) is 0 Å². The van der Waals surface area contributed by atoms with Gasteiger partial charge in [-0.05, 0) is 43.1 Å². The molecule has 188 valence electrons. The number of rotatable bonds is 11. The maximum Gasteiger partial charge on any atom is 0.509 e. The lowest BCUT2D eigenvalue weighted by molar-refractivity contribution is -0.267. The van der Waals surface area contributed by atoms with Crippen LogP contribution in [0.4, 0.5) is 4.79 Å². The van der Waals surface area contributed by atoms with E-state index in [-0.39, 0.29) is 13.2 Å². The molecule has 0 aromatic heterocycles. The predicted molar refractivity (Wildman–Crippen MR) is 131 cm³/mol. The lowest BCUT2D eigenvalue weighted by Gasteiger charge is -2.37. The summed E-state index contributed by atoms with van der Waals surface area (Å²) in [5.41, 5.74) is -1.03. The summed E-state index contributed by atoms with van der Waals surface area (Å²) in [6, 6.07) is 17.9. The number of carboxylic acids is 1. The largest absolute Gasteiger partial charge is 0.509 e. The second-order valence-electron chi connectivity index (χ2n) is 8.14. The van der Waals surface area contributed by atoms with Crippen molar-refractivity contribution in [2.45, 2.75) is 30.8 Å². The Bertz CT molecular complexity index is 1140. The van der Waals surface area contributed by atoms with Crippen LogP contribution in [0, 0.1) is 0 Å². The maximum absolute atomic E-state index is 12.6. The van der Waals surface area contributed by atoms with Crippen LogP contribution in [-0.2, 0) is 39.9 Å². The molecule has 0 radical (unpaired) electrons. The Hall–Kier alpha value is -4.17. The molecule has 0 bridgehead atoms. The van der Waals surface area contributed by atoms with Crippen molar-refractivity contribution < 1.29 is 38.7 Å². The van der Waals surface area contributed by atoms with Crippen molar-refractivity contribution in [3.05, 3.63) is 108 Å². The van der Waals surface area contributed by atoms with E-state index in [0.29, 0.717) is 29.5 Å². The maximum atomic E-state index is 12.6. The molecule has 36 heavy (non-hydrogen) atoms. The number of aliphatic carboxylic acids is 1. The zero-order valence-corrected chi connectivity index (χ0v) is 19.9. The van der Waals surface area contributed by atoms with Crippen LogP contribution in [0.3, 0.4) is 0 Å². The molecule has 0 heterocycles. The van der Waals surface area contributed by atoms with E-state index >= 15 is 0 Å². The van der Waals surface area contributed by atoms with Gasteiger partial charge in [0.1, 0.15) is 5.41 Å². The van der Waals surface area contributed by atoms with Gasteiger partial charge in [0.25, 0.3) is 0 Å². The summed E-state index contributed by atoms with van der Waals surface area (Å²) in [6.45, 7) is 5.15. The van der Waals surface area contributed by atoms with Gasteiger partial charge in [0.15, 0.2) is 5.60 Å². The first-order chi connectivity index (χ1) is 17.3. The fraction of sp³-hybridized carbons (Fsp3) is 0.250. The predicted octanol–water partition coefficient (Wildman–Crippen LogP) is 5.01. The highest BCUT2D eigenvalue weighted by Crippen LogP contribution is 2.44. The van der Waals surface area contributed by atoms with E-state index in [0.717, 1.165) is 6.08 Å². The van der Waals surface area contributed by atoms with Crippen LogP contribution in [-0.4, -0.2) is 36.4 Å². The minimum Gasteiger partial charge on any atom is -0.480 e. The van der Waals surface area contributed by atoms with E-state index in [1.165, 1.54) is 0 Å². The average Bonchev–Trinajstić information content (AvgIpc) is 2.89. The van der Waals surface area contributed by atoms with Crippen molar-refractivity contribution in [3.63, 3.8) is 0 Å². The van der Waals surface area contributed by atoms with Crippen molar-refractivity contribution in [2.75, 3.05) is 13.2 Å². The fourth-order valence-corrected chi connectivity index (χ4v) is 3.97. The molecule has 0 aliphatic heterocycles. The Balaban J connectivity index is 1.75. The molecule has 2 aromatic rings.